The normalized spacial score (nSPS) is 11.8. The molecule has 0 atom stereocenters. The fraction of sp³-hybridized carbons (Fsp3) is 0.308. The van der Waals surface area contributed by atoms with Gasteiger partial charge >= 0.3 is 0 Å². The highest BCUT2D eigenvalue weighted by Crippen LogP contribution is 2.25. The van der Waals surface area contributed by atoms with E-state index in [0.717, 1.165) is 0 Å². The highest BCUT2D eigenvalue weighted by atomic mass is 79.9. The van der Waals surface area contributed by atoms with Gasteiger partial charge in [0.1, 0.15) is 0 Å². The minimum atomic E-state index is -3.62. The molecule has 1 heterocycles. The maximum atomic E-state index is 12.4. The van der Waals surface area contributed by atoms with Crippen LogP contribution in [0.2, 0.25) is 0 Å². The molecule has 0 radical (unpaired) electrons. The number of sulfonamides is 1. The first kappa shape index (κ1) is 16.2. The molecular weight excluding hydrogens is 358 g/mol. The number of halogens is 1. The Bertz CT molecular complexity index is 715. The van der Waals surface area contributed by atoms with Crippen molar-refractivity contribution in [1.29, 1.82) is 0 Å². The van der Waals surface area contributed by atoms with Crippen molar-refractivity contribution in [1.82, 2.24) is 14.3 Å². The van der Waals surface area contributed by atoms with Crippen molar-refractivity contribution in [3.8, 4) is 0 Å². The summed E-state index contributed by atoms with van der Waals surface area (Å²) in [6, 6.07) is 3.19. The summed E-state index contributed by atoms with van der Waals surface area (Å²) >= 11 is 3.31. The quantitative estimate of drug-likeness (QED) is 0.801. The number of nitrogens with zero attached hydrogens (tertiary/aromatic N) is 2. The van der Waals surface area contributed by atoms with Crippen molar-refractivity contribution in [2.24, 2.45) is 0 Å². The molecule has 0 unspecified atom stereocenters. The molecule has 2 aromatic rings. The average molecular weight is 374 g/mol. The number of aromatic nitrogens is 2. The lowest BCUT2D eigenvalue weighted by Crippen LogP contribution is -2.28. The third kappa shape index (κ3) is 3.91. The Balaban J connectivity index is 2.17. The van der Waals surface area contributed by atoms with E-state index in [1.807, 2.05) is 0 Å². The summed E-state index contributed by atoms with van der Waals surface area (Å²) in [4.78, 5) is 4.07. The topological polar surface area (TPSA) is 84.2 Å². The summed E-state index contributed by atoms with van der Waals surface area (Å²) in [5, 5.41) is 9.20. The van der Waals surface area contributed by atoms with Gasteiger partial charge in [0.25, 0.3) is 0 Å². The Hall–Kier alpha value is -1.22. The zero-order chi connectivity index (χ0) is 15.5. The van der Waals surface area contributed by atoms with Crippen molar-refractivity contribution in [3.63, 3.8) is 0 Å². The minimum Gasteiger partial charge on any atom is -0.392 e. The number of aliphatic hydroxyl groups excluding tert-OH is 1. The van der Waals surface area contributed by atoms with Crippen LogP contribution in [0.5, 0.6) is 0 Å². The van der Waals surface area contributed by atoms with Gasteiger partial charge in [0.2, 0.25) is 10.0 Å². The van der Waals surface area contributed by atoms with Gasteiger partial charge in [-0.1, -0.05) is 15.9 Å². The number of benzene rings is 1. The monoisotopic (exact) mass is 373 g/mol. The van der Waals surface area contributed by atoms with E-state index >= 15 is 0 Å². The predicted octanol–water partition coefficient (Wildman–Crippen LogP) is 1.42. The average Bonchev–Trinajstić information content (AvgIpc) is 2.94. The second kappa shape index (κ2) is 6.69. The van der Waals surface area contributed by atoms with E-state index in [4.69, 9.17) is 0 Å². The fourth-order valence-electron chi connectivity index (χ4n) is 1.88. The van der Waals surface area contributed by atoms with Crippen molar-refractivity contribution in [2.45, 2.75) is 25.0 Å². The molecular formula is C13H16BrN3O3S. The Labute approximate surface area is 132 Å². The largest absolute Gasteiger partial charge is 0.392 e. The molecule has 1 aromatic heterocycles. The van der Waals surface area contributed by atoms with E-state index in [2.05, 4.69) is 25.6 Å². The van der Waals surface area contributed by atoms with Gasteiger partial charge in [0, 0.05) is 30.0 Å². The molecule has 0 aliphatic carbocycles. The molecule has 2 N–H and O–H groups in total. The number of hydrogen-bond donors (Lipinski definition) is 2. The van der Waals surface area contributed by atoms with Crippen molar-refractivity contribution >= 4 is 26.0 Å². The second-order valence-corrected chi connectivity index (χ2v) is 7.15. The molecule has 0 amide bonds. The van der Waals surface area contributed by atoms with Crippen LogP contribution in [0.15, 0.2) is 40.2 Å². The Morgan fingerprint density at radius 3 is 2.81 bits per heavy atom. The van der Waals surface area contributed by atoms with Gasteiger partial charge in [0.15, 0.2) is 0 Å². The van der Waals surface area contributed by atoms with Crippen molar-refractivity contribution in [2.75, 3.05) is 6.54 Å². The van der Waals surface area contributed by atoms with Crippen LogP contribution in [0.3, 0.4) is 0 Å². The summed E-state index contributed by atoms with van der Waals surface area (Å²) in [7, 11) is -3.62. The molecule has 6 nitrogen and oxygen atoms in total. The SMILES string of the molecule is Cc1c(Br)cc(CO)cc1S(=O)(=O)NCCn1ccnc1. The molecule has 1 aromatic carbocycles. The zero-order valence-corrected chi connectivity index (χ0v) is 13.9. The molecule has 0 spiro atoms. The van der Waals surface area contributed by atoms with Gasteiger partial charge < -0.3 is 9.67 Å². The molecule has 0 aliphatic rings. The van der Waals surface area contributed by atoms with E-state index in [-0.39, 0.29) is 18.0 Å². The van der Waals surface area contributed by atoms with Crippen LogP contribution in [0.4, 0.5) is 0 Å². The first-order chi connectivity index (χ1) is 9.94. The van der Waals surface area contributed by atoms with Crippen LogP contribution < -0.4 is 4.72 Å². The van der Waals surface area contributed by atoms with Gasteiger partial charge in [-0.05, 0) is 30.2 Å². The lowest BCUT2D eigenvalue weighted by atomic mass is 10.2. The first-order valence-corrected chi connectivity index (χ1v) is 8.57. The Kier molecular flexibility index (Phi) is 5.15. The van der Waals surface area contributed by atoms with Crippen molar-refractivity contribution < 1.29 is 13.5 Å². The van der Waals surface area contributed by atoms with E-state index in [1.54, 1.807) is 36.3 Å². The van der Waals surface area contributed by atoms with Crippen LogP contribution >= 0.6 is 15.9 Å². The van der Waals surface area contributed by atoms with E-state index in [1.165, 1.54) is 6.07 Å². The molecule has 114 valence electrons. The lowest BCUT2D eigenvalue weighted by Gasteiger charge is -2.12. The molecule has 8 heteroatoms. The van der Waals surface area contributed by atoms with Crippen molar-refractivity contribution in [3.05, 3.63) is 46.5 Å². The number of imidazole rings is 1. The zero-order valence-electron chi connectivity index (χ0n) is 11.5. The van der Waals surface area contributed by atoms with Gasteiger partial charge in [-0.3, -0.25) is 0 Å². The van der Waals surface area contributed by atoms with E-state index in [0.29, 0.717) is 22.1 Å². The number of nitrogens with one attached hydrogen (secondary N) is 1. The van der Waals surface area contributed by atoms with Gasteiger partial charge in [-0.25, -0.2) is 18.1 Å². The lowest BCUT2D eigenvalue weighted by molar-refractivity contribution is 0.281. The third-order valence-electron chi connectivity index (χ3n) is 3.05. The molecule has 21 heavy (non-hydrogen) atoms. The summed E-state index contributed by atoms with van der Waals surface area (Å²) in [6.45, 7) is 2.27. The van der Waals surface area contributed by atoms with Crippen LogP contribution in [-0.4, -0.2) is 29.6 Å². The van der Waals surface area contributed by atoms with Crippen LogP contribution in [0.1, 0.15) is 11.1 Å². The number of aliphatic hydroxyl groups is 1. The number of rotatable bonds is 6. The van der Waals surface area contributed by atoms with Crippen LogP contribution in [0.25, 0.3) is 0 Å². The standard InChI is InChI=1S/C13H16BrN3O3S/c1-10-12(14)6-11(8-18)7-13(10)21(19,20)16-3-5-17-4-2-15-9-17/h2,4,6-7,9,16,18H,3,5,8H2,1H3. The smallest absolute Gasteiger partial charge is 0.240 e. The van der Waals surface area contributed by atoms with Gasteiger partial charge in [0.05, 0.1) is 17.8 Å². The highest BCUT2D eigenvalue weighted by molar-refractivity contribution is 9.10. The maximum Gasteiger partial charge on any atom is 0.240 e. The molecule has 0 saturated heterocycles. The number of hydrogen-bond acceptors (Lipinski definition) is 4. The van der Waals surface area contributed by atoms with E-state index < -0.39 is 10.0 Å². The van der Waals surface area contributed by atoms with Gasteiger partial charge in [-0.15, -0.1) is 0 Å². The molecule has 0 aliphatic heterocycles. The van der Waals surface area contributed by atoms with Crippen LogP contribution in [0, 0.1) is 6.92 Å². The summed E-state index contributed by atoms with van der Waals surface area (Å²) < 4.78 is 29.7. The van der Waals surface area contributed by atoms with Gasteiger partial charge in [-0.2, -0.15) is 0 Å². The maximum absolute atomic E-state index is 12.4. The summed E-state index contributed by atoms with van der Waals surface area (Å²) in [5.41, 5.74) is 1.16. The first-order valence-electron chi connectivity index (χ1n) is 6.29. The van der Waals surface area contributed by atoms with E-state index in [9.17, 15) is 13.5 Å². The Morgan fingerprint density at radius 1 is 1.43 bits per heavy atom. The second-order valence-electron chi connectivity index (χ2n) is 4.56. The minimum absolute atomic E-state index is 0.173. The third-order valence-corrected chi connectivity index (χ3v) is 5.46. The summed E-state index contributed by atoms with van der Waals surface area (Å²) in [6.07, 6.45) is 5.03. The fourth-order valence-corrected chi connectivity index (χ4v) is 3.86. The van der Waals surface area contributed by atoms with Crippen LogP contribution in [-0.2, 0) is 23.2 Å². The predicted molar refractivity (Wildman–Crippen MR) is 82.2 cm³/mol. The highest BCUT2D eigenvalue weighted by Gasteiger charge is 2.18. The molecule has 0 fully saturated rings. The molecule has 0 bridgehead atoms. The molecule has 2 rings (SSSR count). The Morgan fingerprint density at radius 2 is 2.19 bits per heavy atom. The molecule has 0 saturated carbocycles. The summed E-state index contributed by atoms with van der Waals surface area (Å²) in [5.74, 6) is 0.